The summed E-state index contributed by atoms with van der Waals surface area (Å²) in [5.74, 6) is 1.09. The first-order valence-electron chi connectivity index (χ1n) is 14.9. The lowest BCUT2D eigenvalue weighted by molar-refractivity contribution is -0.0212. The van der Waals surface area contributed by atoms with Crippen LogP contribution in [0.5, 0.6) is 0 Å². The van der Waals surface area contributed by atoms with Crippen LogP contribution in [0.4, 0.5) is 4.79 Å². The van der Waals surface area contributed by atoms with Crippen molar-refractivity contribution in [2.75, 3.05) is 13.7 Å². The Balaban J connectivity index is 1.03. The second-order valence-corrected chi connectivity index (χ2v) is 12.1. The summed E-state index contributed by atoms with van der Waals surface area (Å²) >= 11 is 0. The molecular weight excluding hydrogens is 518 g/mol. The largest absolute Gasteiger partial charge is 0.465 e. The minimum absolute atomic E-state index is 0.105. The molecule has 3 fully saturated rings. The van der Waals surface area contributed by atoms with Crippen LogP contribution in [0.15, 0.2) is 47.0 Å². The van der Waals surface area contributed by atoms with Crippen molar-refractivity contribution in [3.05, 3.63) is 76.0 Å². The fourth-order valence-electron chi connectivity index (χ4n) is 7.08. The molecule has 3 aliphatic heterocycles. The molecule has 1 aliphatic carbocycles. The number of ether oxygens (including phenoxy) is 2. The van der Waals surface area contributed by atoms with E-state index in [0.717, 1.165) is 73.1 Å². The molecule has 1 aromatic heterocycles. The van der Waals surface area contributed by atoms with Gasteiger partial charge in [-0.3, -0.25) is 0 Å². The molecule has 4 heterocycles. The van der Waals surface area contributed by atoms with Gasteiger partial charge in [0.25, 0.3) is 0 Å². The summed E-state index contributed by atoms with van der Waals surface area (Å²) in [5, 5.41) is 4.50. The molecule has 214 valence electrons. The summed E-state index contributed by atoms with van der Waals surface area (Å²) in [5.41, 5.74) is 7.03. The second-order valence-electron chi connectivity index (χ2n) is 12.1. The number of rotatable bonds is 6. The molecule has 4 aliphatic rings. The standard InChI is InChI=1S/C33H37N3O5/c1-20-5-3-4-6-28(20)30-29(31(41-34-30)22-8-9-22)19-40-27-16-25-11-12-26(17-27)36(25)33(38)35-14-13-21-7-10-23(32(37)39-2)15-24(21)18-35/h3-7,10,15,22,25-27H,8-9,11-14,16-19H2,1-2H3. The predicted molar refractivity (Wildman–Crippen MR) is 152 cm³/mol. The van der Waals surface area contributed by atoms with Crippen molar-refractivity contribution in [1.29, 1.82) is 0 Å². The number of amides is 2. The van der Waals surface area contributed by atoms with Gasteiger partial charge in [0, 0.05) is 42.2 Å². The van der Waals surface area contributed by atoms with Crippen molar-refractivity contribution >= 4 is 12.0 Å². The van der Waals surface area contributed by atoms with Gasteiger partial charge in [0.1, 0.15) is 11.5 Å². The van der Waals surface area contributed by atoms with E-state index in [9.17, 15) is 9.59 Å². The summed E-state index contributed by atoms with van der Waals surface area (Å²) < 4.78 is 17.4. The van der Waals surface area contributed by atoms with E-state index in [1.165, 1.54) is 18.2 Å². The minimum Gasteiger partial charge on any atom is -0.465 e. The molecular formula is C33H37N3O5. The smallest absolute Gasteiger partial charge is 0.337 e. The van der Waals surface area contributed by atoms with Gasteiger partial charge in [0.2, 0.25) is 0 Å². The molecule has 2 aromatic carbocycles. The van der Waals surface area contributed by atoms with Crippen LogP contribution in [-0.2, 0) is 29.0 Å². The van der Waals surface area contributed by atoms with E-state index >= 15 is 0 Å². The van der Waals surface area contributed by atoms with E-state index in [1.807, 2.05) is 35.2 Å². The number of benzene rings is 2. The van der Waals surface area contributed by atoms with Gasteiger partial charge < -0.3 is 23.8 Å². The summed E-state index contributed by atoms with van der Waals surface area (Å²) in [4.78, 5) is 29.9. The number of nitrogens with zero attached hydrogens (tertiary/aromatic N) is 3. The highest BCUT2D eigenvalue weighted by molar-refractivity contribution is 5.89. The van der Waals surface area contributed by atoms with Crippen LogP contribution < -0.4 is 0 Å². The highest BCUT2D eigenvalue weighted by Crippen LogP contribution is 2.45. The first kappa shape index (κ1) is 26.3. The van der Waals surface area contributed by atoms with Crippen LogP contribution in [0.25, 0.3) is 11.3 Å². The van der Waals surface area contributed by atoms with Crippen molar-refractivity contribution in [3.8, 4) is 11.3 Å². The zero-order chi connectivity index (χ0) is 28.1. The number of aryl methyl sites for hydroxylation is 1. The fraction of sp³-hybridized carbons (Fsp3) is 0.485. The molecule has 7 rings (SSSR count). The lowest BCUT2D eigenvalue weighted by Crippen LogP contribution is -2.54. The topological polar surface area (TPSA) is 85.1 Å². The molecule has 41 heavy (non-hydrogen) atoms. The maximum Gasteiger partial charge on any atom is 0.337 e. The average Bonchev–Trinajstić information content (AvgIpc) is 3.70. The third kappa shape index (κ3) is 4.92. The normalized spacial score (nSPS) is 23.4. The molecule has 1 saturated carbocycles. The Morgan fingerprint density at radius 2 is 1.80 bits per heavy atom. The van der Waals surface area contributed by atoms with Gasteiger partial charge in [-0.1, -0.05) is 35.5 Å². The van der Waals surface area contributed by atoms with E-state index in [0.29, 0.717) is 31.2 Å². The van der Waals surface area contributed by atoms with Gasteiger partial charge in [-0.05, 0) is 80.7 Å². The third-order valence-electron chi connectivity index (χ3n) is 9.45. The van der Waals surface area contributed by atoms with Crippen molar-refractivity contribution in [1.82, 2.24) is 15.0 Å². The Labute approximate surface area is 240 Å². The van der Waals surface area contributed by atoms with Gasteiger partial charge in [0.05, 0.1) is 25.4 Å². The van der Waals surface area contributed by atoms with Crippen molar-refractivity contribution in [2.24, 2.45) is 0 Å². The Kier molecular flexibility index (Phi) is 6.81. The SMILES string of the molecule is COC(=O)c1ccc2c(c1)CN(C(=O)N1C3CCC1CC(OCc1c(-c4ccccc4C)noc1C1CC1)C3)CC2. The maximum atomic E-state index is 13.8. The number of carbonyl (C=O) groups is 2. The quantitative estimate of drug-likeness (QED) is 0.347. The average molecular weight is 556 g/mol. The lowest BCUT2D eigenvalue weighted by atomic mass is 9.96. The Morgan fingerprint density at radius 3 is 2.54 bits per heavy atom. The number of aromatic nitrogens is 1. The highest BCUT2D eigenvalue weighted by Gasteiger charge is 2.45. The van der Waals surface area contributed by atoms with Crippen LogP contribution in [0, 0.1) is 6.92 Å². The van der Waals surface area contributed by atoms with E-state index < -0.39 is 0 Å². The van der Waals surface area contributed by atoms with Gasteiger partial charge in [-0.2, -0.15) is 0 Å². The maximum absolute atomic E-state index is 13.8. The molecule has 0 radical (unpaired) electrons. The number of fused-ring (bicyclic) bond motifs is 3. The van der Waals surface area contributed by atoms with Gasteiger partial charge in [0.15, 0.2) is 0 Å². The zero-order valence-electron chi connectivity index (χ0n) is 23.8. The van der Waals surface area contributed by atoms with Crippen LogP contribution in [-0.4, -0.2) is 58.8 Å². The molecule has 0 spiro atoms. The van der Waals surface area contributed by atoms with Crippen molar-refractivity contribution < 1.29 is 23.6 Å². The lowest BCUT2D eigenvalue weighted by Gasteiger charge is -2.42. The number of piperidine rings is 1. The van der Waals surface area contributed by atoms with Crippen molar-refractivity contribution in [3.63, 3.8) is 0 Å². The van der Waals surface area contributed by atoms with E-state index in [1.54, 1.807) is 0 Å². The molecule has 0 N–H and O–H groups in total. The Morgan fingerprint density at radius 1 is 1.02 bits per heavy atom. The summed E-state index contributed by atoms with van der Waals surface area (Å²) in [7, 11) is 1.39. The van der Waals surface area contributed by atoms with Crippen LogP contribution >= 0.6 is 0 Å². The molecule has 8 heteroatoms. The number of methoxy groups -OCH3 is 1. The number of urea groups is 1. The highest BCUT2D eigenvalue weighted by atomic mass is 16.5. The predicted octanol–water partition coefficient (Wildman–Crippen LogP) is 6.00. The van der Waals surface area contributed by atoms with E-state index in [4.69, 9.17) is 14.0 Å². The number of esters is 1. The Hall–Kier alpha value is -3.65. The zero-order valence-corrected chi connectivity index (χ0v) is 23.8. The van der Waals surface area contributed by atoms with E-state index in [-0.39, 0.29) is 30.2 Å². The molecule has 8 nitrogen and oxygen atoms in total. The molecule has 2 saturated heterocycles. The number of carbonyl (C=O) groups excluding carboxylic acids is 2. The first-order chi connectivity index (χ1) is 20.0. The third-order valence-corrected chi connectivity index (χ3v) is 9.45. The van der Waals surface area contributed by atoms with Gasteiger partial charge in [-0.15, -0.1) is 0 Å². The van der Waals surface area contributed by atoms with Crippen LogP contribution in [0.2, 0.25) is 0 Å². The molecule has 2 amide bonds. The summed E-state index contributed by atoms with van der Waals surface area (Å²) in [6.07, 6.45) is 6.92. The monoisotopic (exact) mass is 555 g/mol. The van der Waals surface area contributed by atoms with Crippen LogP contribution in [0.1, 0.15) is 82.8 Å². The molecule has 2 unspecified atom stereocenters. The summed E-state index contributed by atoms with van der Waals surface area (Å²) in [6.45, 7) is 3.81. The molecule has 2 atom stereocenters. The van der Waals surface area contributed by atoms with E-state index in [2.05, 4.69) is 29.1 Å². The van der Waals surface area contributed by atoms with Crippen molar-refractivity contribution in [2.45, 2.75) is 89.1 Å². The Bertz CT molecular complexity index is 1460. The minimum atomic E-state index is -0.349. The number of hydrogen-bond acceptors (Lipinski definition) is 6. The van der Waals surface area contributed by atoms with Gasteiger partial charge >= 0.3 is 12.0 Å². The second kappa shape index (κ2) is 10.6. The molecule has 3 aromatic rings. The first-order valence-corrected chi connectivity index (χ1v) is 14.9. The van der Waals surface area contributed by atoms with Gasteiger partial charge in [-0.25, -0.2) is 9.59 Å². The number of hydrogen-bond donors (Lipinski definition) is 0. The molecule has 2 bridgehead atoms. The summed E-state index contributed by atoms with van der Waals surface area (Å²) in [6, 6.07) is 14.5. The fourth-order valence-corrected chi connectivity index (χ4v) is 7.08. The van der Waals surface area contributed by atoms with Crippen LogP contribution in [0.3, 0.4) is 0 Å².